The van der Waals surface area contributed by atoms with Gasteiger partial charge in [-0.1, -0.05) is 17.7 Å². The van der Waals surface area contributed by atoms with Crippen molar-refractivity contribution in [2.75, 3.05) is 32.8 Å². The Kier molecular flexibility index (Phi) is 5.87. The van der Waals surface area contributed by atoms with Crippen LogP contribution in [-0.2, 0) is 11.8 Å². The Balaban J connectivity index is 1.31. The number of hydrogen-bond acceptors (Lipinski definition) is 6. The van der Waals surface area contributed by atoms with Crippen LogP contribution in [0.3, 0.4) is 0 Å². The molecule has 1 aliphatic rings. The van der Waals surface area contributed by atoms with Crippen LogP contribution in [0.5, 0.6) is 5.75 Å². The molecule has 0 unspecified atom stereocenters. The average Bonchev–Trinajstić information content (AvgIpc) is 3.01. The number of amides is 1. The predicted octanol–water partition coefficient (Wildman–Crippen LogP) is 2.98. The molecule has 0 spiro atoms. The van der Waals surface area contributed by atoms with E-state index in [0.29, 0.717) is 24.4 Å². The zero-order valence-corrected chi connectivity index (χ0v) is 18.2. The third kappa shape index (κ3) is 4.39. The molecule has 1 amide bonds. The molecule has 1 fully saturated rings. The average molecular weight is 428 g/mol. The Morgan fingerprint density at radius 2 is 1.80 bits per heavy atom. The van der Waals surface area contributed by atoms with Crippen molar-refractivity contribution < 1.29 is 13.9 Å². The van der Waals surface area contributed by atoms with Crippen molar-refractivity contribution in [3.05, 3.63) is 58.1 Å². The molecular formula is C22H25N3O4S. The molecule has 0 saturated carbocycles. The quantitative estimate of drug-likeness (QED) is 0.583. The Labute approximate surface area is 179 Å². The number of ether oxygens (including phenoxy) is 1. The van der Waals surface area contributed by atoms with Gasteiger partial charge in [0.1, 0.15) is 5.75 Å². The normalized spacial score (nSPS) is 15.0. The monoisotopic (exact) mass is 427 g/mol. The molecule has 0 aliphatic carbocycles. The van der Waals surface area contributed by atoms with Crippen LogP contribution in [0.25, 0.3) is 11.1 Å². The van der Waals surface area contributed by atoms with Gasteiger partial charge in [-0.15, -0.1) is 0 Å². The molecule has 30 heavy (non-hydrogen) atoms. The second kappa shape index (κ2) is 8.57. The molecule has 1 saturated heterocycles. The lowest BCUT2D eigenvalue weighted by molar-refractivity contribution is -0.134. The Morgan fingerprint density at radius 1 is 1.10 bits per heavy atom. The molecule has 0 radical (unpaired) electrons. The van der Waals surface area contributed by atoms with E-state index in [-0.39, 0.29) is 18.3 Å². The van der Waals surface area contributed by atoms with Crippen LogP contribution >= 0.6 is 11.9 Å². The summed E-state index contributed by atoms with van der Waals surface area (Å²) in [7, 11) is 1.71. The minimum atomic E-state index is -0.355. The summed E-state index contributed by atoms with van der Waals surface area (Å²) in [6, 6.07) is 11.6. The van der Waals surface area contributed by atoms with Crippen molar-refractivity contribution in [3.63, 3.8) is 0 Å². The van der Waals surface area contributed by atoms with Gasteiger partial charge in [-0.2, -0.15) is 0 Å². The van der Waals surface area contributed by atoms with Gasteiger partial charge in [0, 0.05) is 38.1 Å². The third-order valence-corrected chi connectivity index (χ3v) is 6.55. The van der Waals surface area contributed by atoms with Crippen LogP contribution in [0.2, 0.25) is 0 Å². The van der Waals surface area contributed by atoms with Crippen LogP contribution in [-0.4, -0.2) is 52.5 Å². The van der Waals surface area contributed by atoms with Gasteiger partial charge >= 0.3 is 5.76 Å². The first-order valence-corrected chi connectivity index (χ1v) is 10.7. The first-order valence-electron chi connectivity index (χ1n) is 9.91. The first kappa shape index (κ1) is 20.6. The standard InChI is InChI=1S/C22H25N3O4S/c1-15-4-6-17(7-5-15)28-14-21(26)24-8-10-25(11-9-24)30-20-13-19-18(12-16(20)2)23(3)22(27)29-19/h4-7,12-13H,8-11,14H2,1-3H3. The highest BCUT2D eigenvalue weighted by Crippen LogP contribution is 2.30. The number of carbonyl (C=O) groups is 1. The van der Waals surface area contributed by atoms with Crippen LogP contribution in [0, 0.1) is 13.8 Å². The van der Waals surface area contributed by atoms with E-state index in [1.165, 1.54) is 4.57 Å². The van der Waals surface area contributed by atoms with Crippen molar-refractivity contribution in [1.29, 1.82) is 0 Å². The van der Waals surface area contributed by atoms with Gasteiger partial charge in [0.2, 0.25) is 0 Å². The Morgan fingerprint density at radius 3 is 2.50 bits per heavy atom. The summed E-state index contributed by atoms with van der Waals surface area (Å²) < 4.78 is 14.7. The molecule has 1 aliphatic heterocycles. The van der Waals surface area contributed by atoms with Gasteiger partial charge in [-0.3, -0.25) is 9.36 Å². The molecule has 0 N–H and O–H groups in total. The second-order valence-electron chi connectivity index (χ2n) is 7.52. The number of aryl methyl sites for hydroxylation is 3. The minimum Gasteiger partial charge on any atom is -0.484 e. The lowest BCUT2D eigenvalue weighted by atomic mass is 10.2. The van der Waals surface area contributed by atoms with E-state index in [2.05, 4.69) is 4.31 Å². The fourth-order valence-corrected chi connectivity index (χ4v) is 4.38. The number of rotatable bonds is 5. The van der Waals surface area contributed by atoms with E-state index in [1.807, 2.05) is 55.1 Å². The number of carbonyl (C=O) groups excluding carboxylic acids is 1. The Bertz CT molecular complexity index is 1110. The maximum atomic E-state index is 12.5. The third-order valence-electron chi connectivity index (χ3n) is 5.29. The van der Waals surface area contributed by atoms with Gasteiger partial charge in [0.05, 0.1) is 5.52 Å². The summed E-state index contributed by atoms with van der Waals surface area (Å²) in [5, 5.41) is 0. The summed E-state index contributed by atoms with van der Waals surface area (Å²) in [6.07, 6.45) is 0. The molecule has 158 valence electrons. The van der Waals surface area contributed by atoms with Gasteiger partial charge in [0.25, 0.3) is 5.91 Å². The first-order chi connectivity index (χ1) is 14.4. The van der Waals surface area contributed by atoms with E-state index in [9.17, 15) is 9.59 Å². The number of nitrogens with zero attached hydrogens (tertiary/aromatic N) is 3. The second-order valence-corrected chi connectivity index (χ2v) is 8.65. The van der Waals surface area contributed by atoms with Crippen LogP contribution < -0.4 is 10.5 Å². The van der Waals surface area contributed by atoms with Crippen LogP contribution in [0.15, 0.2) is 50.5 Å². The summed E-state index contributed by atoms with van der Waals surface area (Å²) in [4.78, 5) is 27.1. The van der Waals surface area contributed by atoms with Crippen molar-refractivity contribution >= 4 is 29.0 Å². The van der Waals surface area contributed by atoms with Gasteiger partial charge in [-0.05, 0) is 55.6 Å². The summed E-state index contributed by atoms with van der Waals surface area (Å²) >= 11 is 1.64. The van der Waals surface area contributed by atoms with E-state index in [1.54, 1.807) is 19.0 Å². The maximum Gasteiger partial charge on any atom is 0.419 e. The zero-order chi connectivity index (χ0) is 21.3. The molecule has 4 rings (SSSR count). The molecule has 1 aromatic heterocycles. The molecule has 8 heteroatoms. The summed E-state index contributed by atoms with van der Waals surface area (Å²) in [6.45, 7) is 6.94. The zero-order valence-electron chi connectivity index (χ0n) is 17.4. The Hall–Kier alpha value is -2.71. The summed E-state index contributed by atoms with van der Waals surface area (Å²) in [5.41, 5.74) is 3.64. The molecular weight excluding hydrogens is 402 g/mol. The van der Waals surface area contributed by atoms with Crippen molar-refractivity contribution in [2.24, 2.45) is 7.05 Å². The number of aromatic nitrogens is 1. The molecule has 0 atom stereocenters. The lowest BCUT2D eigenvalue weighted by Crippen LogP contribution is -2.47. The van der Waals surface area contributed by atoms with Crippen molar-refractivity contribution in [2.45, 2.75) is 18.7 Å². The van der Waals surface area contributed by atoms with E-state index in [0.717, 1.165) is 34.6 Å². The fourth-order valence-electron chi connectivity index (χ4n) is 3.40. The predicted molar refractivity (Wildman–Crippen MR) is 117 cm³/mol. The highest BCUT2D eigenvalue weighted by molar-refractivity contribution is 7.97. The van der Waals surface area contributed by atoms with E-state index >= 15 is 0 Å². The minimum absolute atomic E-state index is 0.00360. The smallest absolute Gasteiger partial charge is 0.419 e. The molecule has 0 bridgehead atoms. The maximum absolute atomic E-state index is 12.5. The number of hydrogen-bond donors (Lipinski definition) is 0. The van der Waals surface area contributed by atoms with Crippen molar-refractivity contribution in [3.8, 4) is 5.75 Å². The topological polar surface area (TPSA) is 67.9 Å². The highest BCUT2D eigenvalue weighted by Gasteiger charge is 2.23. The van der Waals surface area contributed by atoms with E-state index in [4.69, 9.17) is 9.15 Å². The number of benzene rings is 2. The molecule has 2 aromatic carbocycles. The largest absolute Gasteiger partial charge is 0.484 e. The number of piperazine rings is 1. The van der Waals surface area contributed by atoms with Gasteiger partial charge in [0.15, 0.2) is 12.2 Å². The van der Waals surface area contributed by atoms with Gasteiger partial charge < -0.3 is 14.1 Å². The van der Waals surface area contributed by atoms with Gasteiger partial charge in [-0.25, -0.2) is 9.10 Å². The lowest BCUT2D eigenvalue weighted by Gasteiger charge is -2.34. The number of fused-ring (bicyclic) bond motifs is 1. The molecule has 3 aromatic rings. The van der Waals surface area contributed by atoms with E-state index < -0.39 is 0 Å². The van der Waals surface area contributed by atoms with Crippen LogP contribution in [0.4, 0.5) is 0 Å². The summed E-state index contributed by atoms with van der Waals surface area (Å²) in [5.74, 6) is 0.358. The molecule has 7 nitrogen and oxygen atoms in total. The SMILES string of the molecule is Cc1ccc(OCC(=O)N2CCN(Sc3cc4oc(=O)n(C)c4cc3C)CC2)cc1. The highest BCUT2D eigenvalue weighted by atomic mass is 32.2. The molecule has 2 heterocycles. The fraction of sp³-hybridized carbons (Fsp3) is 0.364. The van der Waals surface area contributed by atoms with Crippen molar-refractivity contribution in [1.82, 2.24) is 13.8 Å². The number of oxazole rings is 1. The van der Waals surface area contributed by atoms with Crippen LogP contribution in [0.1, 0.15) is 11.1 Å².